The van der Waals surface area contributed by atoms with Crippen LogP contribution >= 0.6 is 45.2 Å². The van der Waals surface area contributed by atoms with Crippen LogP contribution in [0.3, 0.4) is 0 Å². The van der Waals surface area contributed by atoms with Crippen LogP contribution in [0.25, 0.3) is 32.7 Å². The van der Waals surface area contributed by atoms with Crippen molar-refractivity contribution >= 4 is 66.7 Å². The van der Waals surface area contributed by atoms with Gasteiger partial charge in [0, 0.05) is 11.1 Å². The number of rotatable bonds is 5. The largest absolute Gasteiger partial charge is 0.450 e. The number of ether oxygens (including phenoxy) is 2. The van der Waals surface area contributed by atoms with E-state index < -0.39 is 65.2 Å². The van der Waals surface area contributed by atoms with Gasteiger partial charge in [0.2, 0.25) is 34.8 Å². The molecule has 222 valence electrons. The highest BCUT2D eigenvalue weighted by atomic mass is 127. The summed E-state index contributed by atoms with van der Waals surface area (Å²) >= 11 is 2.23. The number of hydrogen-bond acceptors (Lipinski definition) is 2. The van der Waals surface area contributed by atoms with Gasteiger partial charge in [-0.1, -0.05) is 60.7 Å². The summed E-state index contributed by atoms with van der Waals surface area (Å²) in [6.07, 6.45) is 0. The summed E-state index contributed by atoms with van der Waals surface area (Å²) in [5.41, 5.74) is 0.0562. The molecule has 0 aromatic heterocycles. The second-order valence-electron chi connectivity index (χ2n) is 9.32. The summed E-state index contributed by atoms with van der Waals surface area (Å²) in [4.78, 5) is 0. The highest BCUT2D eigenvalue weighted by molar-refractivity contribution is 14.1. The van der Waals surface area contributed by atoms with Crippen molar-refractivity contribution in [3.8, 4) is 34.1 Å². The van der Waals surface area contributed by atoms with Gasteiger partial charge in [0.25, 0.3) is 0 Å². The van der Waals surface area contributed by atoms with E-state index in [2.05, 4.69) is 0 Å². The lowest BCUT2D eigenvalue weighted by Gasteiger charge is -2.20. The van der Waals surface area contributed by atoms with E-state index in [1.165, 1.54) is 24.3 Å². The third-order valence-corrected chi connectivity index (χ3v) is 8.69. The lowest BCUT2D eigenvalue weighted by Crippen LogP contribution is -2.05. The Labute approximate surface area is 270 Å². The smallest absolute Gasteiger partial charge is 0.205 e. The molecular weight excluding hydrogens is 822 g/mol. The quantitative estimate of drug-likeness (QED) is 0.0746. The van der Waals surface area contributed by atoms with Gasteiger partial charge in [-0.05, 0) is 78.9 Å². The number of benzene rings is 6. The van der Waals surface area contributed by atoms with E-state index in [0.717, 1.165) is 45.2 Å². The summed E-state index contributed by atoms with van der Waals surface area (Å²) in [5.74, 6) is -17.3. The predicted octanol–water partition coefficient (Wildman–Crippen LogP) is 11.6. The molecule has 44 heavy (non-hydrogen) atoms. The zero-order valence-electron chi connectivity index (χ0n) is 21.5. The van der Waals surface area contributed by atoms with Crippen LogP contribution in [0.5, 0.6) is 23.0 Å². The van der Waals surface area contributed by atoms with Crippen LogP contribution < -0.4 is 9.47 Å². The molecule has 0 saturated carbocycles. The van der Waals surface area contributed by atoms with E-state index in [4.69, 9.17) is 9.47 Å². The Hall–Kier alpha value is -3.66. The Morgan fingerprint density at radius 2 is 0.705 bits per heavy atom. The van der Waals surface area contributed by atoms with Gasteiger partial charge in [-0.3, -0.25) is 0 Å². The van der Waals surface area contributed by atoms with Crippen LogP contribution in [0.4, 0.5) is 35.1 Å². The molecule has 0 heterocycles. The maximum absolute atomic E-state index is 15.0. The third kappa shape index (κ3) is 4.91. The van der Waals surface area contributed by atoms with Crippen molar-refractivity contribution in [2.75, 3.05) is 0 Å². The fourth-order valence-electron chi connectivity index (χ4n) is 4.76. The standard InChI is InChI=1S/C32H12F8I2O2/c33-21-25(37)31(26(38)22(34)29(21)41)43-17-11-9-13-5-1-3-7-15(13)19(17)20-16-8-4-2-6-14(16)10-12-18(20)44-32-27(39)23(35)30(42)24(36)28(32)40/h1-12H. The summed E-state index contributed by atoms with van der Waals surface area (Å²) in [7, 11) is 0. The topological polar surface area (TPSA) is 18.5 Å². The Morgan fingerprint density at radius 3 is 1.05 bits per heavy atom. The molecule has 0 aliphatic rings. The van der Waals surface area contributed by atoms with Gasteiger partial charge < -0.3 is 9.47 Å². The summed E-state index contributed by atoms with van der Waals surface area (Å²) in [6.45, 7) is 0. The summed E-state index contributed by atoms with van der Waals surface area (Å²) < 4.78 is 127. The molecule has 0 aliphatic heterocycles. The molecule has 0 spiro atoms. The van der Waals surface area contributed by atoms with Gasteiger partial charge in [0.15, 0.2) is 23.3 Å². The van der Waals surface area contributed by atoms with E-state index >= 15 is 0 Å². The van der Waals surface area contributed by atoms with Crippen LogP contribution in [-0.4, -0.2) is 0 Å². The highest BCUT2D eigenvalue weighted by Crippen LogP contribution is 2.49. The second kappa shape index (κ2) is 11.7. The summed E-state index contributed by atoms with van der Waals surface area (Å²) in [6, 6.07) is 18.8. The Bertz CT molecular complexity index is 1940. The number of fused-ring (bicyclic) bond motifs is 2. The van der Waals surface area contributed by atoms with E-state index in [9.17, 15) is 35.1 Å². The number of hydrogen-bond donors (Lipinski definition) is 0. The SMILES string of the molecule is Fc1c(F)c(Oc2ccc3ccccc3c2-c2c(Oc3c(F)c(F)c(I)c(F)c3F)ccc3ccccc23)c(F)c(F)c1I. The second-order valence-corrected chi connectivity index (χ2v) is 11.5. The molecule has 0 aliphatic carbocycles. The van der Waals surface area contributed by atoms with Crippen LogP contribution in [0.1, 0.15) is 0 Å². The fourth-order valence-corrected chi connectivity index (χ4v) is 5.70. The van der Waals surface area contributed by atoms with E-state index in [-0.39, 0.29) is 22.6 Å². The van der Waals surface area contributed by atoms with Gasteiger partial charge in [-0.25, -0.2) is 17.6 Å². The van der Waals surface area contributed by atoms with Crippen molar-refractivity contribution in [3.63, 3.8) is 0 Å². The van der Waals surface area contributed by atoms with Crippen molar-refractivity contribution < 1.29 is 44.6 Å². The normalized spacial score (nSPS) is 11.4. The molecule has 12 heteroatoms. The van der Waals surface area contributed by atoms with Crippen LogP contribution in [0, 0.1) is 53.7 Å². The minimum absolute atomic E-state index is 0.0281. The van der Waals surface area contributed by atoms with E-state index in [0.29, 0.717) is 21.5 Å². The van der Waals surface area contributed by atoms with Crippen LogP contribution in [0.2, 0.25) is 0 Å². The van der Waals surface area contributed by atoms with Crippen molar-refractivity contribution in [1.82, 2.24) is 0 Å². The first-order valence-electron chi connectivity index (χ1n) is 12.4. The molecule has 0 amide bonds. The monoisotopic (exact) mass is 834 g/mol. The maximum atomic E-state index is 15.0. The van der Waals surface area contributed by atoms with E-state index in [1.54, 1.807) is 48.5 Å². The first-order valence-corrected chi connectivity index (χ1v) is 14.6. The highest BCUT2D eigenvalue weighted by Gasteiger charge is 2.30. The molecule has 0 atom stereocenters. The van der Waals surface area contributed by atoms with Crippen LogP contribution in [-0.2, 0) is 0 Å². The van der Waals surface area contributed by atoms with Crippen LogP contribution in [0.15, 0.2) is 72.8 Å². The molecule has 6 aromatic rings. The Balaban J connectivity index is 1.69. The fraction of sp³-hybridized carbons (Fsp3) is 0. The van der Waals surface area contributed by atoms with E-state index in [1.807, 2.05) is 0 Å². The van der Waals surface area contributed by atoms with Crippen molar-refractivity contribution in [2.24, 2.45) is 0 Å². The molecule has 0 bridgehead atoms. The van der Waals surface area contributed by atoms with Gasteiger partial charge >= 0.3 is 0 Å². The van der Waals surface area contributed by atoms with Crippen molar-refractivity contribution in [2.45, 2.75) is 0 Å². The molecule has 0 radical (unpaired) electrons. The van der Waals surface area contributed by atoms with Gasteiger partial charge in [-0.2, -0.15) is 17.6 Å². The van der Waals surface area contributed by atoms with Crippen molar-refractivity contribution in [3.05, 3.63) is 126 Å². The molecule has 0 N–H and O–H groups in total. The molecule has 0 saturated heterocycles. The average Bonchev–Trinajstić information content (AvgIpc) is 3.04. The van der Waals surface area contributed by atoms with Gasteiger partial charge in [0.05, 0.1) is 7.14 Å². The average molecular weight is 834 g/mol. The minimum Gasteiger partial charge on any atom is -0.450 e. The Morgan fingerprint density at radius 1 is 0.386 bits per heavy atom. The molecule has 6 aromatic carbocycles. The van der Waals surface area contributed by atoms with Gasteiger partial charge in [-0.15, -0.1) is 0 Å². The first-order chi connectivity index (χ1) is 21.0. The number of halogens is 10. The van der Waals surface area contributed by atoms with Gasteiger partial charge in [0.1, 0.15) is 11.5 Å². The lowest BCUT2D eigenvalue weighted by atomic mass is 9.92. The predicted molar refractivity (Wildman–Crippen MR) is 165 cm³/mol. The maximum Gasteiger partial charge on any atom is 0.205 e. The first kappa shape index (κ1) is 30.4. The summed E-state index contributed by atoms with van der Waals surface area (Å²) in [5, 5.41) is 1.83. The molecular formula is C32H12F8I2O2. The molecule has 2 nitrogen and oxygen atoms in total. The minimum atomic E-state index is -1.80. The zero-order valence-corrected chi connectivity index (χ0v) is 25.8. The molecule has 0 fully saturated rings. The molecule has 6 rings (SSSR count). The Kier molecular flexibility index (Phi) is 8.07. The third-order valence-electron chi connectivity index (χ3n) is 6.79. The van der Waals surface area contributed by atoms with Crippen molar-refractivity contribution in [1.29, 1.82) is 0 Å². The lowest BCUT2D eigenvalue weighted by molar-refractivity contribution is 0.361. The zero-order chi connectivity index (χ0) is 31.4. The molecule has 0 unspecified atom stereocenters.